The Labute approximate surface area is 97.4 Å². The maximum absolute atomic E-state index is 13.5. The second-order valence-corrected chi connectivity index (χ2v) is 4.40. The molecular weight excluding hydrogens is 232 g/mol. The molecule has 0 aliphatic carbocycles. The second kappa shape index (κ2) is 5.12. The molecule has 0 bridgehead atoms. The third-order valence-corrected chi connectivity index (χ3v) is 3.32. The molecule has 1 saturated heterocycles. The highest BCUT2D eigenvalue weighted by Gasteiger charge is 2.19. The van der Waals surface area contributed by atoms with E-state index in [2.05, 4.69) is 5.32 Å². The molecule has 1 aromatic carbocycles. The zero-order chi connectivity index (χ0) is 11.5. The predicted octanol–water partition coefficient (Wildman–Crippen LogP) is 2.35. The van der Waals surface area contributed by atoms with Gasteiger partial charge in [-0.15, -0.1) is 11.8 Å². The number of halogens is 2. The average Bonchev–Trinajstić information content (AvgIpc) is 2.30. The van der Waals surface area contributed by atoms with E-state index in [0.29, 0.717) is 18.7 Å². The van der Waals surface area contributed by atoms with Crippen LogP contribution in [-0.2, 0) is 4.74 Å². The van der Waals surface area contributed by atoms with Crippen molar-refractivity contribution < 1.29 is 13.5 Å². The first-order valence-electron chi connectivity index (χ1n) is 5.07. The highest BCUT2D eigenvalue weighted by molar-refractivity contribution is 7.98. The summed E-state index contributed by atoms with van der Waals surface area (Å²) in [7, 11) is 0. The first kappa shape index (κ1) is 11.8. The van der Waals surface area contributed by atoms with Crippen LogP contribution in [0.25, 0.3) is 0 Å². The van der Waals surface area contributed by atoms with Gasteiger partial charge in [-0.2, -0.15) is 0 Å². The number of nitrogens with one attached hydrogen (secondary N) is 1. The Morgan fingerprint density at radius 3 is 2.56 bits per heavy atom. The molecule has 2 nitrogen and oxygen atoms in total. The average molecular weight is 245 g/mol. The van der Waals surface area contributed by atoms with Gasteiger partial charge in [-0.3, -0.25) is 0 Å². The molecule has 0 aromatic heterocycles. The SMILES string of the molecule is CSc1c(F)cc(C2CNCCO2)cc1F. The lowest BCUT2D eigenvalue weighted by atomic mass is 10.1. The number of rotatable bonds is 2. The Morgan fingerprint density at radius 1 is 1.38 bits per heavy atom. The van der Waals surface area contributed by atoms with Crippen LogP contribution < -0.4 is 5.32 Å². The van der Waals surface area contributed by atoms with Crippen molar-refractivity contribution in [3.05, 3.63) is 29.3 Å². The normalized spacial score (nSPS) is 21.1. The zero-order valence-corrected chi connectivity index (χ0v) is 9.74. The van der Waals surface area contributed by atoms with E-state index < -0.39 is 11.6 Å². The molecule has 1 aliphatic rings. The third kappa shape index (κ3) is 2.36. The van der Waals surface area contributed by atoms with Gasteiger partial charge in [0.05, 0.1) is 17.6 Å². The van der Waals surface area contributed by atoms with Crippen molar-refractivity contribution in [1.82, 2.24) is 5.32 Å². The Kier molecular flexibility index (Phi) is 3.78. The van der Waals surface area contributed by atoms with Crippen LogP contribution in [0.15, 0.2) is 17.0 Å². The fourth-order valence-electron chi connectivity index (χ4n) is 1.74. The number of hydrogen-bond donors (Lipinski definition) is 1. The largest absolute Gasteiger partial charge is 0.371 e. The molecule has 88 valence electrons. The van der Waals surface area contributed by atoms with Crippen molar-refractivity contribution in [2.45, 2.75) is 11.0 Å². The van der Waals surface area contributed by atoms with Gasteiger partial charge in [-0.25, -0.2) is 8.78 Å². The van der Waals surface area contributed by atoms with Crippen molar-refractivity contribution in [2.75, 3.05) is 26.0 Å². The summed E-state index contributed by atoms with van der Waals surface area (Å²) in [5, 5.41) is 3.13. The van der Waals surface area contributed by atoms with Crippen LogP contribution in [0.4, 0.5) is 8.78 Å². The molecule has 1 fully saturated rings. The van der Waals surface area contributed by atoms with Crippen LogP contribution >= 0.6 is 11.8 Å². The van der Waals surface area contributed by atoms with Crippen molar-refractivity contribution in [1.29, 1.82) is 0 Å². The summed E-state index contributed by atoms with van der Waals surface area (Å²) >= 11 is 1.07. The molecule has 0 radical (unpaired) electrons. The van der Waals surface area contributed by atoms with E-state index in [-0.39, 0.29) is 11.0 Å². The molecule has 1 atom stereocenters. The quantitative estimate of drug-likeness (QED) is 0.808. The van der Waals surface area contributed by atoms with Gasteiger partial charge in [0, 0.05) is 13.1 Å². The van der Waals surface area contributed by atoms with Crippen molar-refractivity contribution >= 4 is 11.8 Å². The molecule has 1 heterocycles. The minimum atomic E-state index is -0.517. The lowest BCUT2D eigenvalue weighted by molar-refractivity contribution is 0.0272. The topological polar surface area (TPSA) is 21.3 Å². The van der Waals surface area contributed by atoms with Crippen LogP contribution in [0.3, 0.4) is 0 Å². The molecule has 0 amide bonds. The summed E-state index contributed by atoms with van der Waals surface area (Å²) in [6, 6.07) is 2.71. The molecule has 1 N–H and O–H groups in total. The molecule has 0 saturated carbocycles. The molecular formula is C11H13F2NOS. The number of thioether (sulfide) groups is 1. The van der Waals surface area contributed by atoms with Gasteiger partial charge in [-0.05, 0) is 24.0 Å². The number of morpholine rings is 1. The Hall–Kier alpha value is -0.650. The van der Waals surface area contributed by atoms with Crippen LogP contribution in [0.1, 0.15) is 11.7 Å². The summed E-state index contributed by atoms with van der Waals surface area (Å²) in [4.78, 5) is 0.0625. The maximum Gasteiger partial charge on any atom is 0.140 e. The predicted molar refractivity (Wildman–Crippen MR) is 59.7 cm³/mol. The highest BCUT2D eigenvalue weighted by atomic mass is 32.2. The van der Waals surface area contributed by atoms with Gasteiger partial charge in [-0.1, -0.05) is 0 Å². The van der Waals surface area contributed by atoms with Crippen LogP contribution in [0.5, 0.6) is 0 Å². The van der Waals surface area contributed by atoms with E-state index in [0.717, 1.165) is 18.3 Å². The smallest absolute Gasteiger partial charge is 0.140 e. The third-order valence-electron chi connectivity index (χ3n) is 2.52. The van der Waals surface area contributed by atoms with Gasteiger partial charge in [0.2, 0.25) is 0 Å². The van der Waals surface area contributed by atoms with E-state index in [1.165, 1.54) is 12.1 Å². The number of ether oxygens (including phenoxy) is 1. The van der Waals surface area contributed by atoms with Crippen LogP contribution in [-0.4, -0.2) is 26.0 Å². The van der Waals surface area contributed by atoms with Gasteiger partial charge in [0.25, 0.3) is 0 Å². The summed E-state index contributed by atoms with van der Waals surface area (Å²) in [5.74, 6) is -1.03. The first-order chi connectivity index (χ1) is 7.72. The monoisotopic (exact) mass is 245 g/mol. The Bertz CT molecular complexity index is 357. The van der Waals surface area contributed by atoms with Crippen molar-refractivity contribution in [3.63, 3.8) is 0 Å². The van der Waals surface area contributed by atoms with E-state index in [1.54, 1.807) is 6.26 Å². The standard InChI is InChI=1S/C11H13F2NOS/c1-16-11-8(12)4-7(5-9(11)13)10-6-14-2-3-15-10/h4-5,10,14H,2-3,6H2,1H3. The minimum Gasteiger partial charge on any atom is -0.371 e. The zero-order valence-electron chi connectivity index (χ0n) is 8.93. The maximum atomic E-state index is 13.5. The lowest BCUT2D eigenvalue weighted by Crippen LogP contribution is -2.33. The van der Waals surface area contributed by atoms with Gasteiger partial charge >= 0.3 is 0 Å². The summed E-state index contributed by atoms with van der Waals surface area (Å²) < 4.78 is 32.5. The second-order valence-electron chi connectivity index (χ2n) is 3.58. The molecule has 1 unspecified atom stereocenters. The lowest BCUT2D eigenvalue weighted by Gasteiger charge is -2.24. The number of benzene rings is 1. The first-order valence-corrected chi connectivity index (χ1v) is 6.30. The van der Waals surface area contributed by atoms with Crippen molar-refractivity contribution in [2.24, 2.45) is 0 Å². The van der Waals surface area contributed by atoms with Gasteiger partial charge < -0.3 is 10.1 Å². The Morgan fingerprint density at radius 2 is 2.06 bits per heavy atom. The molecule has 16 heavy (non-hydrogen) atoms. The van der Waals surface area contributed by atoms with E-state index in [9.17, 15) is 8.78 Å². The van der Waals surface area contributed by atoms with Crippen LogP contribution in [0, 0.1) is 11.6 Å². The fourth-order valence-corrected chi connectivity index (χ4v) is 2.25. The molecule has 1 aliphatic heterocycles. The van der Waals surface area contributed by atoms with E-state index in [4.69, 9.17) is 4.74 Å². The van der Waals surface area contributed by atoms with E-state index in [1.807, 2.05) is 0 Å². The molecule has 5 heteroatoms. The summed E-state index contributed by atoms with van der Waals surface area (Å²) in [5.41, 5.74) is 0.556. The summed E-state index contributed by atoms with van der Waals surface area (Å²) in [6.45, 7) is 1.94. The van der Waals surface area contributed by atoms with E-state index >= 15 is 0 Å². The molecule has 2 rings (SSSR count). The molecule has 1 aromatic rings. The fraction of sp³-hybridized carbons (Fsp3) is 0.455. The van der Waals surface area contributed by atoms with Gasteiger partial charge in [0.15, 0.2) is 0 Å². The van der Waals surface area contributed by atoms with Crippen LogP contribution in [0.2, 0.25) is 0 Å². The Balaban J connectivity index is 2.28. The summed E-state index contributed by atoms with van der Waals surface area (Å²) in [6.07, 6.45) is 1.40. The minimum absolute atomic E-state index is 0.0625. The van der Waals surface area contributed by atoms with Crippen molar-refractivity contribution in [3.8, 4) is 0 Å². The van der Waals surface area contributed by atoms with Gasteiger partial charge in [0.1, 0.15) is 11.6 Å². The number of hydrogen-bond acceptors (Lipinski definition) is 3. The highest BCUT2D eigenvalue weighted by Crippen LogP contribution is 2.28. The molecule has 0 spiro atoms.